The summed E-state index contributed by atoms with van der Waals surface area (Å²) in [6.07, 6.45) is 7.24. The van der Waals surface area contributed by atoms with Crippen LogP contribution in [0.3, 0.4) is 0 Å². The first kappa shape index (κ1) is 17.6. The number of aromatic nitrogens is 4. The summed E-state index contributed by atoms with van der Waals surface area (Å²) in [6.45, 7) is 0. The van der Waals surface area contributed by atoms with Crippen molar-refractivity contribution in [3.63, 3.8) is 0 Å². The van der Waals surface area contributed by atoms with Crippen LogP contribution in [-0.2, 0) is 0 Å². The van der Waals surface area contributed by atoms with Crippen LogP contribution in [0.15, 0.2) is 55.1 Å². The van der Waals surface area contributed by atoms with E-state index < -0.39 is 0 Å². The van der Waals surface area contributed by atoms with Crippen molar-refractivity contribution in [3.8, 4) is 22.9 Å². The highest BCUT2D eigenvalue weighted by atomic mass is 16.5. The summed E-state index contributed by atoms with van der Waals surface area (Å²) in [5.74, 6) is 2.07. The van der Waals surface area contributed by atoms with Crippen LogP contribution in [0.1, 0.15) is 0 Å². The van der Waals surface area contributed by atoms with Crippen LogP contribution in [0, 0.1) is 0 Å². The Hall–Kier alpha value is -3.81. The van der Waals surface area contributed by atoms with Gasteiger partial charge in [-0.2, -0.15) is 4.98 Å². The van der Waals surface area contributed by atoms with Crippen LogP contribution in [0.25, 0.3) is 16.7 Å². The lowest BCUT2D eigenvalue weighted by Crippen LogP contribution is -2.01. The molecule has 1 N–H and O–H groups in total. The summed E-state index contributed by atoms with van der Waals surface area (Å²) in [6, 6.07) is 9.42. The highest BCUT2D eigenvalue weighted by molar-refractivity contribution is 5.79. The lowest BCUT2D eigenvalue weighted by atomic mass is 10.2. The van der Waals surface area contributed by atoms with Crippen molar-refractivity contribution in [2.24, 2.45) is 0 Å². The van der Waals surface area contributed by atoms with Crippen molar-refractivity contribution in [2.75, 3.05) is 26.6 Å². The second-order valence-corrected chi connectivity index (χ2v) is 5.91. The van der Waals surface area contributed by atoms with Gasteiger partial charge in [-0.1, -0.05) is 0 Å². The number of benzene rings is 1. The zero-order chi connectivity index (χ0) is 19.5. The van der Waals surface area contributed by atoms with Gasteiger partial charge in [-0.15, -0.1) is 0 Å². The Bertz CT molecular complexity index is 1090. The molecule has 0 atom stereocenters. The van der Waals surface area contributed by atoms with E-state index in [1.165, 1.54) is 0 Å². The second kappa shape index (κ2) is 7.43. The molecule has 0 saturated carbocycles. The molecule has 0 amide bonds. The van der Waals surface area contributed by atoms with E-state index >= 15 is 0 Å². The summed E-state index contributed by atoms with van der Waals surface area (Å²) >= 11 is 0. The van der Waals surface area contributed by atoms with Crippen molar-refractivity contribution in [2.45, 2.75) is 0 Å². The summed E-state index contributed by atoms with van der Waals surface area (Å²) in [4.78, 5) is 13.2. The third kappa shape index (κ3) is 3.16. The first-order valence-electron chi connectivity index (χ1n) is 8.55. The minimum absolute atomic E-state index is 0.450. The average molecular weight is 377 g/mol. The molecule has 28 heavy (non-hydrogen) atoms. The SMILES string of the molecule is COc1cc(Nc2ncc3ccn(-c4cccnc4)c3n2)cc(OC)c1OC. The molecule has 0 unspecified atom stereocenters. The topological polar surface area (TPSA) is 83.3 Å². The van der Waals surface area contributed by atoms with Gasteiger partial charge < -0.3 is 19.5 Å². The van der Waals surface area contributed by atoms with Crippen LogP contribution in [-0.4, -0.2) is 40.8 Å². The van der Waals surface area contributed by atoms with Gasteiger partial charge in [-0.25, -0.2) is 4.98 Å². The van der Waals surface area contributed by atoms with E-state index in [1.54, 1.807) is 52.1 Å². The number of rotatable bonds is 6. The van der Waals surface area contributed by atoms with Crippen LogP contribution < -0.4 is 19.5 Å². The fraction of sp³-hybridized carbons (Fsp3) is 0.150. The number of hydrogen-bond acceptors (Lipinski definition) is 7. The smallest absolute Gasteiger partial charge is 0.229 e. The average Bonchev–Trinajstić information content (AvgIpc) is 3.16. The molecule has 142 valence electrons. The van der Waals surface area contributed by atoms with Gasteiger partial charge >= 0.3 is 0 Å². The van der Waals surface area contributed by atoms with Crippen molar-refractivity contribution in [1.29, 1.82) is 0 Å². The first-order chi connectivity index (χ1) is 13.7. The molecule has 8 nitrogen and oxygen atoms in total. The molecule has 0 spiro atoms. The van der Waals surface area contributed by atoms with Crippen LogP contribution in [0.5, 0.6) is 17.2 Å². The van der Waals surface area contributed by atoms with Gasteiger partial charge in [0.2, 0.25) is 11.7 Å². The Morgan fingerprint density at radius 1 is 0.964 bits per heavy atom. The molecule has 8 heteroatoms. The molecule has 0 saturated heterocycles. The number of pyridine rings is 1. The number of nitrogens with one attached hydrogen (secondary N) is 1. The summed E-state index contributed by atoms with van der Waals surface area (Å²) in [5, 5.41) is 4.13. The number of fused-ring (bicyclic) bond motifs is 1. The van der Waals surface area contributed by atoms with E-state index in [0.29, 0.717) is 28.9 Å². The fourth-order valence-corrected chi connectivity index (χ4v) is 2.97. The van der Waals surface area contributed by atoms with E-state index in [9.17, 15) is 0 Å². The summed E-state index contributed by atoms with van der Waals surface area (Å²) in [7, 11) is 4.71. The van der Waals surface area contributed by atoms with Crippen LogP contribution >= 0.6 is 0 Å². The van der Waals surface area contributed by atoms with E-state index in [2.05, 4.69) is 20.3 Å². The molecule has 3 aromatic heterocycles. The van der Waals surface area contributed by atoms with Gasteiger partial charge in [0.1, 0.15) is 5.65 Å². The Kier molecular flexibility index (Phi) is 4.67. The highest BCUT2D eigenvalue weighted by Crippen LogP contribution is 2.40. The van der Waals surface area contributed by atoms with E-state index in [0.717, 1.165) is 16.7 Å². The number of nitrogens with zero attached hydrogens (tertiary/aromatic N) is 4. The number of ether oxygens (including phenoxy) is 3. The van der Waals surface area contributed by atoms with Crippen molar-refractivity contribution >= 4 is 22.7 Å². The number of methoxy groups -OCH3 is 3. The minimum Gasteiger partial charge on any atom is -0.493 e. The molecule has 0 aliphatic carbocycles. The molecule has 0 fully saturated rings. The van der Waals surface area contributed by atoms with Gasteiger partial charge in [0, 0.05) is 41.8 Å². The predicted octanol–water partition coefficient (Wildman–Crippen LogP) is 3.58. The predicted molar refractivity (Wildman–Crippen MR) is 106 cm³/mol. The normalized spacial score (nSPS) is 10.7. The third-order valence-electron chi connectivity index (χ3n) is 4.27. The van der Waals surface area contributed by atoms with Crippen molar-refractivity contribution < 1.29 is 14.2 Å². The summed E-state index contributed by atoms with van der Waals surface area (Å²) in [5.41, 5.74) is 2.42. The standard InChI is InChI=1S/C20H19N5O3/c1-26-16-9-14(10-17(27-2)18(16)28-3)23-20-22-11-13-6-8-25(19(13)24-20)15-5-4-7-21-12-15/h4-12H,1-3H3,(H,22,23,24). The first-order valence-corrected chi connectivity index (χ1v) is 8.55. The molecular formula is C20H19N5O3. The molecule has 4 rings (SSSR count). The molecule has 0 bridgehead atoms. The highest BCUT2D eigenvalue weighted by Gasteiger charge is 2.14. The molecule has 1 aromatic carbocycles. The van der Waals surface area contributed by atoms with Crippen molar-refractivity contribution in [3.05, 3.63) is 55.1 Å². The van der Waals surface area contributed by atoms with E-state index in [4.69, 9.17) is 14.2 Å². The summed E-state index contributed by atoms with van der Waals surface area (Å²) < 4.78 is 18.1. The van der Waals surface area contributed by atoms with E-state index in [-0.39, 0.29) is 0 Å². The molecule has 0 aliphatic rings. The van der Waals surface area contributed by atoms with Gasteiger partial charge in [0.15, 0.2) is 11.5 Å². The van der Waals surface area contributed by atoms with E-state index in [1.807, 2.05) is 29.0 Å². The quantitative estimate of drug-likeness (QED) is 0.550. The van der Waals surface area contributed by atoms with Crippen molar-refractivity contribution in [1.82, 2.24) is 19.5 Å². The second-order valence-electron chi connectivity index (χ2n) is 5.91. The van der Waals surface area contributed by atoms with Gasteiger partial charge in [0.05, 0.1) is 33.2 Å². The maximum Gasteiger partial charge on any atom is 0.229 e. The minimum atomic E-state index is 0.450. The lowest BCUT2D eigenvalue weighted by molar-refractivity contribution is 0.324. The Labute approximate surface area is 161 Å². The maximum absolute atomic E-state index is 5.39. The Balaban J connectivity index is 1.73. The molecule has 0 radical (unpaired) electrons. The maximum atomic E-state index is 5.39. The molecule has 4 aromatic rings. The largest absolute Gasteiger partial charge is 0.493 e. The zero-order valence-electron chi connectivity index (χ0n) is 15.7. The lowest BCUT2D eigenvalue weighted by Gasteiger charge is -2.14. The third-order valence-corrected chi connectivity index (χ3v) is 4.27. The molecular weight excluding hydrogens is 358 g/mol. The molecule has 0 aliphatic heterocycles. The van der Waals surface area contributed by atoms with Gasteiger partial charge in [-0.3, -0.25) is 9.55 Å². The zero-order valence-corrected chi connectivity index (χ0v) is 15.7. The fourth-order valence-electron chi connectivity index (χ4n) is 2.97. The van der Waals surface area contributed by atoms with Crippen LogP contribution in [0.4, 0.5) is 11.6 Å². The number of anilines is 2. The van der Waals surface area contributed by atoms with Gasteiger partial charge in [-0.05, 0) is 18.2 Å². The van der Waals surface area contributed by atoms with Crippen LogP contribution in [0.2, 0.25) is 0 Å². The number of hydrogen-bond donors (Lipinski definition) is 1. The van der Waals surface area contributed by atoms with Gasteiger partial charge in [0.25, 0.3) is 0 Å². The monoisotopic (exact) mass is 377 g/mol. The molecule has 3 heterocycles. The Morgan fingerprint density at radius 2 is 1.75 bits per heavy atom. The Morgan fingerprint density at radius 3 is 2.39 bits per heavy atom.